The second-order valence-corrected chi connectivity index (χ2v) is 11.4. The van der Waals surface area contributed by atoms with Crippen LogP contribution < -0.4 is 5.56 Å². The molecule has 1 aliphatic rings. The quantitative estimate of drug-likeness (QED) is 0.474. The Balaban J connectivity index is 1.92. The number of likely N-dealkylation sites (tertiary alicyclic amines) is 1. The number of carbonyl (C=O) groups excluding carboxylic acids is 2. The van der Waals surface area contributed by atoms with Gasteiger partial charge in [-0.15, -0.1) is 0 Å². The van der Waals surface area contributed by atoms with Crippen molar-refractivity contribution in [2.45, 2.75) is 57.6 Å². The van der Waals surface area contributed by atoms with E-state index in [0.29, 0.717) is 11.1 Å². The molecular weight excluding hydrogens is 556 g/mol. The Morgan fingerprint density at radius 1 is 1.02 bits per heavy atom. The Morgan fingerprint density at radius 3 is 2.07 bits per heavy atom. The van der Waals surface area contributed by atoms with Gasteiger partial charge in [0.25, 0.3) is 11.5 Å². The Hall–Kier alpha value is -3.35. The molecule has 0 bridgehead atoms. The third-order valence-electron chi connectivity index (χ3n) is 7.54. The number of carbonyl (C=O) groups is 2. The average molecular weight is 590 g/mol. The van der Waals surface area contributed by atoms with E-state index in [4.69, 9.17) is 0 Å². The molecule has 226 valence electrons. The number of pyridine rings is 1. The molecule has 3 rings (SSSR count). The molecule has 1 fully saturated rings. The van der Waals surface area contributed by atoms with E-state index in [1.54, 1.807) is 44.4 Å². The summed E-state index contributed by atoms with van der Waals surface area (Å²) in [5, 5.41) is 11.7. The van der Waals surface area contributed by atoms with Crippen molar-refractivity contribution in [3.05, 3.63) is 58.5 Å². The van der Waals surface area contributed by atoms with Crippen molar-refractivity contribution in [2.75, 3.05) is 27.2 Å². The molecule has 0 unspecified atom stereocenters. The van der Waals surface area contributed by atoms with Crippen LogP contribution >= 0.6 is 0 Å². The molecule has 1 N–H and O–H groups in total. The van der Waals surface area contributed by atoms with E-state index in [1.165, 1.54) is 35.6 Å². The van der Waals surface area contributed by atoms with Crippen LogP contribution in [0.5, 0.6) is 0 Å². The maximum absolute atomic E-state index is 13.2. The topological polar surface area (TPSA) is 82.8 Å². The highest BCUT2D eigenvalue weighted by atomic mass is 19.4. The van der Waals surface area contributed by atoms with Crippen molar-refractivity contribution in [3.8, 4) is 11.1 Å². The van der Waals surface area contributed by atoms with Crippen LogP contribution in [0.25, 0.3) is 11.1 Å². The molecule has 1 aliphatic heterocycles. The lowest BCUT2D eigenvalue weighted by molar-refractivity contribution is -0.188. The summed E-state index contributed by atoms with van der Waals surface area (Å²) in [6.07, 6.45) is -12.7. The zero-order valence-electron chi connectivity index (χ0n) is 23.1. The highest BCUT2D eigenvalue weighted by molar-refractivity contribution is 6.00. The van der Waals surface area contributed by atoms with E-state index in [2.05, 4.69) is 0 Å². The van der Waals surface area contributed by atoms with Crippen molar-refractivity contribution in [1.29, 1.82) is 0 Å². The molecule has 13 heteroatoms. The van der Waals surface area contributed by atoms with Gasteiger partial charge in [-0.05, 0) is 12.0 Å². The number of alkyl halides is 6. The number of aliphatic hydroxyl groups is 1. The molecule has 1 aromatic heterocycles. The first-order valence-corrected chi connectivity index (χ1v) is 12.9. The van der Waals surface area contributed by atoms with Crippen LogP contribution in [-0.4, -0.2) is 76.4 Å². The number of aromatic nitrogens is 1. The SMILES string of the molecule is CN(C)C(=O)c1cn(C[C@]2(O)CCN(C(=O)C(CC(F)(F)F)CC(F)(F)F)CC2(C)C)c(=O)cc1-c1ccccc1. The average Bonchev–Trinajstić information content (AvgIpc) is 2.84. The second-order valence-electron chi connectivity index (χ2n) is 11.4. The summed E-state index contributed by atoms with van der Waals surface area (Å²) in [5.41, 5.74) is -2.26. The van der Waals surface area contributed by atoms with Crippen LogP contribution in [0.2, 0.25) is 0 Å². The second kappa shape index (κ2) is 11.5. The van der Waals surface area contributed by atoms with Gasteiger partial charge in [-0.1, -0.05) is 44.2 Å². The summed E-state index contributed by atoms with van der Waals surface area (Å²) in [5.74, 6) is -4.03. The van der Waals surface area contributed by atoms with Crippen LogP contribution in [0.3, 0.4) is 0 Å². The maximum Gasteiger partial charge on any atom is 0.389 e. The lowest BCUT2D eigenvalue weighted by Crippen LogP contribution is -2.61. The zero-order valence-corrected chi connectivity index (χ0v) is 23.1. The van der Waals surface area contributed by atoms with Gasteiger partial charge < -0.3 is 19.5 Å². The van der Waals surface area contributed by atoms with Gasteiger partial charge in [-0.25, -0.2) is 0 Å². The first kappa shape index (κ1) is 32.2. The van der Waals surface area contributed by atoms with Gasteiger partial charge in [0.1, 0.15) is 0 Å². The van der Waals surface area contributed by atoms with Gasteiger partial charge >= 0.3 is 12.4 Å². The van der Waals surface area contributed by atoms with Crippen molar-refractivity contribution in [1.82, 2.24) is 14.4 Å². The number of halogens is 6. The van der Waals surface area contributed by atoms with Crippen molar-refractivity contribution in [3.63, 3.8) is 0 Å². The third kappa shape index (κ3) is 7.69. The summed E-state index contributed by atoms with van der Waals surface area (Å²) < 4.78 is 79.2. The van der Waals surface area contributed by atoms with Crippen LogP contribution in [-0.2, 0) is 11.3 Å². The monoisotopic (exact) mass is 589 g/mol. The first-order chi connectivity index (χ1) is 18.7. The first-order valence-electron chi connectivity index (χ1n) is 12.9. The molecule has 0 spiro atoms. The molecule has 2 heterocycles. The molecule has 7 nitrogen and oxygen atoms in total. The van der Waals surface area contributed by atoms with E-state index in [1.807, 2.05) is 0 Å². The van der Waals surface area contributed by atoms with E-state index >= 15 is 0 Å². The summed E-state index contributed by atoms with van der Waals surface area (Å²) in [6.45, 7) is 2.06. The van der Waals surface area contributed by atoms with Crippen molar-refractivity contribution >= 4 is 11.8 Å². The standard InChI is InChI=1S/C28H33F6N3O4/c1-25(2)16-36(23(39)19(13-27(29,30)31)14-28(32,33)34)11-10-26(25,41)17-37-15-21(24(40)35(3)4)20(12-22(37)38)18-8-6-5-7-9-18/h5-9,12,15,19,41H,10-11,13-14,16-17H2,1-4H3/t26-/m1/s1. The number of hydrogen-bond acceptors (Lipinski definition) is 4. The summed E-state index contributed by atoms with van der Waals surface area (Å²) in [6, 6.07) is 10.0. The van der Waals surface area contributed by atoms with Crippen LogP contribution in [0, 0.1) is 11.3 Å². The number of rotatable bonds is 7. The summed E-state index contributed by atoms with van der Waals surface area (Å²) in [7, 11) is 3.08. The number of hydrogen-bond donors (Lipinski definition) is 1. The van der Waals surface area contributed by atoms with Gasteiger partial charge in [0.05, 0.1) is 36.5 Å². The third-order valence-corrected chi connectivity index (χ3v) is 7.54. The molecule has 2 amide bonds. The summed E-state index contributed by atoms with van der Waals surface area (Å²) >= 11 is 0. The molecule has 0 saturated carbocycles. The van der Waals surface area contributed by atoms with Crippen LogP contribution in [0.4, 0.5) is 26.3 Å². The van der Waals surface area contributed by atoms with E-state index in [0.717, 1.165) is 4.90 Å². The van der Waals surface area contributed by atoms with E-state index in [9.17, 15) is 45.8 Å². The largest absolute Gasteiger partial charge is 0.389 e. The molecule has 0 aliphatic carbocycles. The minimum Gasteiger partial charge on any atom is -0.387 e. The molecule has 0 radical (unpaired) electrons. The predicted octanol–water partition coefficient (Wildman–Crippen LogP) is 4.73. The van der Waals surface area contributed by atoms with Gasteiger partial charge in [-0.2, -0.15) is 26.3 Å². The molecule has 2 aromatic rings. The highest BCUT2D eigenvalue weighted by Crippen LogP contribution is 2.42. The summed E-state index contributed by atoms with van der Waals surface area (Å²) in [4.78, 5) is 41.3. The van der Waals surface area contributed by atoms with Gasteiger partial charge in [0.2, 0.25) is 5.91 Å². The van der Waals surface area contributed by atoms with Gasteiger partial charge in [0, 0.05) is 50.4 Å². The zero-order chi connectivity index (χ0) is 31.0. The highest BCUT2D eigenvalue weighted by Gasteiger charge is 2.51. The Labute approximate surface area is 233 Å². The lowest BCUT2D eigenvalue weighted by atomic mass is 9.69. The van der Waals surface area contributed by atoms with Crippen molar-refractivity contribution < 1.29 is 41.0 Å². The Kier molecular flexibility index (Phi) is 9.02. The van der Waals surface area contributed by atoms with Crippen LogP contribution in [0.15, 0.2) is 47.4 Å². The fraction of sp³-hybridized carbons (Fsp3) is 0.536. The number of nitrogens with zero attached hydrogens (tertiary/aromatic N) is 3. The number of benzene rings is 1. The Bertz CT molecular complexity index is 1300. The van der Waals surface area contributed by atoms with Crippen molar-refractivity contribution in [2.24, 2.45) is 11.3 Å². The molecular formula is C28H33F6N3O4. The fourth-order valence-corrected chi connectivity index (χ4v) is 5.15. The van der Waals surface area contributed by atoms with Gasteiger partial charge in [-0.3, -0.25) is 14.4 Å². The molecule has 1 atom stereocenters. The number of amides is 2. The Morgan fingerprint density at radius 2 is 1.59 bits per heavy atom. The maximum atomic E-state index is 13.2. The molecule has 1 aromatic carbocycles. The van der Waals surface area contributed by atoms with Gasteiger partial charge in [0.15, 0.2) is 0 Å². The minimum atomic E-state index is -4.98. The molecule has 41 heavy (non-hydrogen) atoms. The lowest BCUT2D eigenvalue weighted by Gasteiger charge is -2.51. The number of piperidine rings is 1. The van der Waals surface area contributed by atoms with Crippen LogP contribution in [0.1, 0.15) is 43.5 Å². The molecule has 1 saturated heterocycles. The minimum absolute atomic E-state index is 0.192. The fourth-order valence-electron chi connectivity index (χ4n) is 5.15. The normalized spacial score (nSPS) is 19.4. The predicted molar refractivity (Wildman–Crippen MR) is 139 cm³/mol. The van der Waals surface area contributed by atoms with E-state index in [-0.39, 0.29) is 31.6 Å². The van der Waals surface area contributed by atoms with E-state index < -0.39 is 59.5 Å². The smallest absolute Gasteiger partial charge is 0.387 e.